The highest BCUT2D eigenvalue weighted by atomic mass is 16.5. The molecule has 27 heavy (non-hydrogen) atoms. The predicted octanol–water partition coefficient (Wildman–Crippen LogP) is 3.94. The molecule has 1 aliphatic heterocycles. The van der Waals surface area contributed by atoms with E-state index >= 15 is 0 Å². The lowest BCUT2D eigenvalue weighted by Gasteiger charge is -2.25. The first kappa shape index (κ1) is 17.9. The number of likely N-dealkylation sites (tertiary alicyclic amines) is 1. The number of hydrogen-bond acceptors (Lipinski definition) is 5. The second-order valence-electron chi connectivity index (χ2n) is 7.26. The van der Waals surface area contributed by atoms with Crippen LogP contribution in [0.15, 0.2) is 22.7 Å². The number of carbonyl (C=O) groups excluding carboxylic acids is 1. The molecule has 0 spiro atoms. The lowest BCUT2D eigenvalue weighted by Crippen LogP contribution is -2.31. The van der Waals surface area contributed by atoms with Crippen LogP contribution in [0.2, 0.25) is 0 Å². The van der Waals surface area contributed by atoms with Crippen molar-refractivity contribution in [1.82, 2.24) is 10.1 Å². The van der Waals surface area contributed by atoms with E-state index in [0.29, 0.717) is 17.2 Å². The molecule has 2 aromatic rings. The molecule has 6 nitrogen and oxygen atoms in total. The summed E-state index contributed by atoms with van der Waals surface area (Å²) in [5, 5.41) is 4.16. The van der Waals surface area contributed by atoms with Gasteiger partial charge in [-0.1, -0.05) is 17.6 Å². The molecule has 4 rings (SSSR count). The lowest BCUT2D eigenvalue weighted by atomic mass is 10.0. The number of carbonyl (C=O) groups is 1. The van der Waals surface area contributed by atoms with Crippen molar-refractivity contribution in [3.63, 3.8) is 0 Å². The van der Waals surface area contributed by atoms with Crippen molar-refractivity contribution in [2.75, 3.05) is 20.8 Å². The normalized spacial score (nSPS) is 19.5. The Balaban J connectivity index is 1.62. The molecule has 2 aliphatic rings. The summed E-state index contributed by atoms with van der Waals surface area (Å²) in [6.07, 6.45) is 7.05. The minimum absolute atomic E-state index is 0.0146. The van der Waals surface area contributed by atoms with Crippen LogP contribution in [0.25, 0.3) is 0 Å². The number of nitrogens with zero attached hydrogens (tertiary/aromatic N) is 2. The monoisotopic (exact) mass is 370 g/mol. The molecule has 1 aromatic carbocycles. The lowest BCUT2D eigenvalue weighted by molar-refractivity contribution is 0.0723. The van der Waals surface area contributed by atoms with Gasteiger partial charge in [0.2, 0.25) is 0 Å². The maximum absolute atomic E-state index is 13.3. The van der Waals surface area contributed by atoms with Gasteiger partial charge in [-0.3, -0.25) is 4.79 Å². The molecule has 1 aromatic heterocycles. The van der Waals surface area contributed by atoms with Crippen LogP contribution in [0.4, 0.5) is 0 Å². The third-order valence-corrected chi connectivity index (χ3v) is 5.71. The van der Waals surface area contributed by atoms with Gasteiger partial charge in [0, 0.05) is 18.5 Å². The van der Waals surface area contributed by atoms with Crippen LogP contribution in [0, 0.1) is 0 Å². The molecule has 1 amide bonds. The number of amides is 1. The Labute approximate surface area is 159 Å². The zero-order chi connectivity index (χ0) is 18.8. The number of hydrogen-bond donors (Lipinski definition) is 0. The highest BCUT2D eigenvalue weighted by Crippen LogP contribution is 2.38. The number of fused-ring (bicyclic) bond motifs is 1. The highest BCUT2D eigenvalue weighted by Gasteiger charge is 2.34. The summed E-state index contributed by atoms with van der Waals surface area (Å²) in [5.41, 5.74) is 2.60. The van der Waals surface area contributed by atoms with Crippen molar-refractivity contribution in [2.45, 2.75) is 51.0 Å². The molecule has 144 valence electrons. The van der Waals surface area contributed by atoms with Gasteiger partial charge < -0.3 is 18.9 Å². The Bertz CT molecular complexity index is 830. The average molecular weight is 370 g/mol. The fraction of sp³-hybridized carbons (Fsp3) is 0.524. The Morgan fingerprint density at radius 2 is 1.93 bits per heavy atom. The largest absolute Gasteiger partial charge is 0.493 e. The van der Waals surface area contributed by atoms with E-state index in [9.17, 15) is 4.79 Å². The number of methoxy groups -OCH3 is 2. The topological polar surface area (TPSA) is 64.8 Å². The van der Waals surface area contributed by atoms with Crippen molar-refractivity contribution in [3.8, 4) is 11.5 Å². The SMILES string of the molecule is COc1ccc([C@@H]2CCCN2C(=O)c2noc3c2CCCCC3)cc1OC. The van der Waals surface area contributed by atoms with E-state index in [4.69, 9.17) is 14.0 Å². The van der Waals surface area contributed by atoms with Gasteiger partial charge >= 0.3 is 0 Å². The number of aryl methyl sites for hydroxylation is 1. The molecule has 1 fully saturated rings. The van der Waals surface area contributed by atoms with Crippen LogP contribution < -0.4 is 9.47 Å². The summed E-state index contributed by atoms with van der Waals surface area (Å²) in [4.78, 5) is 15.2. The average Bonchev–Trinajstić information content (AvgIpc) is 3.28. The third-order valence-electron chi connectivity index (χ3n) is 5.71. The first-order valence-corrected chi connectivity index (χ1v) is 9.73. The minimum Gasteiger partial charge on any atom is -0.493 e. The van der Waals surface area contributed by atoms with Crippen molar-refractivity contribution in [2.24, 2.45) is 0 Å². The van der Waals surface area contributed by atoms with Crippen LogP contribution in [-0.4, -0.2) is 36.7 Å². The Kier molecular flexibility index (Phi) is 5.05. The van der Waals surface area contributed by atoms with Gasteiger partial charge in [0.1, 0.15) is 5.76 Å². The fourth-order valence-electron chi connectivity index (χ4n) is 4.28. The van der Waals surface area contributed by atoms with Gasteiger partial charge in [-0.25, -0.2) is 0 Å². The van der Waals surface area contributed by atoms with Gasteiger partial charge in [-0.2, -0.15) is 0 Å². The Morgan fingerprint density at radius 3 is 2.74 bits per heavy atom. The first-order valence-electron chi connectivity index (χ1n) is 9.73. The summed E-state index contributed by atoms with van der Waals surface area (Å²) < 4.78 is 16.3. The van der Waals surface area contributed by atoms with Crippen molar-refractivity contribution in [3.05, 3.63) is 40.8 Å². The second kappa shape index (κ2) is 7.62. The molecule has 0 bridgehead atoms. The van der Waals surface area contributed by atoms with E-state index < -0.39 is 0 Å². The number of aromatic nitrogens is 1. The maximum atomic E-state index is 13.3. The van der Waals surface area contributed by atoms with Crippen LogP contribution in [0.3, 0.4) is 0 Å². The zero-order valence-electron chi connectivity index (χ0n) is 16.0. The smallest absolute Gasteiger partial charge is 0.276 e. The molecule has 2 heterocycles. The summed E-state index contributed by atoms with van der Waals surface area (Å²) in [6.45, 7) is 0.736. The summed E-state index contributed by atoms with van der Waals surface area (Å²) in [5.74, 6) is 2.26. The van der Waals surface area contributed by atoms with E-state index in [-0.39, 0.29) is 11.9 Å². The molecular formula is C21H26N2O4. The van der Waals surface area contributed by atoms with Gasteiger partial charge in [0.25, 0.3) is 5.91 Å². The van der Waals surface area contributed by atoms with Crippen LogP contribution in [0.5, 0.6) is 11.5 Å². The maximum Gasteiger partial charge on any atom is 0.276 e. The zero-order valence-corrected chi connectivity index (χ0v) is 16.0. The van der Waals surface area contributed by atoms with E-state index in [1.807, 2.05) is 23.1 Å². The number of benzene rings is 1. The quantitative estimate of drug-likeness (QED) is 0.763. The molecular weight excluding hydrogens is 344 g/mol. The molecule has 0 saturated carbocycles. The molecule has 0 N–H and O–H groups in total. The van der Waals surface area contributed by atoms with E-state index in [0.717, 1.165) is 62.0 Å². The highest BCUT2D eigenvalue weighted by molar-refractivity contribution is 5.94. The number of rotatable bonds is 4. The summed E-state index contributed by atoms with van der Waals surface area (Å²) >= 11 is 0. The van der Waals surface area contributed by atoms with Gasteiger partial charge in [-0.15, -0.1) is 0 Å². The minimum atomic E-state index is -0.0146. The predicted molar refractivity (Wildman–Crippen MR) is 100 cm³/mol. The van der Waals surface area contributed by atoms with Crippen LogP contribution >= 0.6 is 0 Å². The summed E-state index contributed by atoms with van der Waals surface area (Å²) in [7, 11) is 3.25. The van der Waals surface area contributed by atoms with Gasteiger partial charge in [0.05, 0.1) is 20.3 Å². The molecule has 1 aliphatic carbocycles. The van der Waals surface area contributed by atoms with Gasteiger partial charge in [-0.05, 0) is 49.8 Å². The molecule has 0 radical (unpaired) electrons. The molecule has 1 atom stereocenters. The van der Waals surface area contributed by atoms with Crippen LogP contribution in [0.1, 0.15) is 65.5 Å². The molecule has 0 unspecified atom stereocenters. The van der Waals surface area contributed by atoms with Crippen LogP contribution in [-0.2, 0) is 12.8 Å². The first-order chi connectivity index (χ1) is 13.2. The van der Waals surface area contributed by atoms with E-state index in [1.54, 1.807) is 14.2 Å². The molecule has 1 saturated heterocycles. The van der Waals surface area contributed by atoms with E-state index in [2.05, 4.69) is 5.16 Å². The number of ether oxygens (including phenoxy) is 2. The molecule has 6 heteroatoms. The third kappa shape index (κ3) is 3.29. The second-order valence-corrected chi connectivity index (χ2v) is 7.26. The van der Waals surface area contributed by atoms with Gasteiger partial charge in [0.15, 0.2) is 17.2 Å². The van der Waals surface area contributed by atoms with Crippen molar-refractivity contribution in [1.29, 1.82) is 0 Å². The van der Waals surface area contributed by atoms with Crippen molar-refractivity contribution >= 4 is 5.91 Å². The van der Waals surface area contributed by atoms with Crippen molar-refractivity contribution < 1.29 is 18.8 Å². The standard InChI is InChI=1S/C21H26N2O4/c1-25-18-11-10-14(13-19(18)26-2)16-8-6-12-23(16)21(24)20-15-7-4-3-5-9-17(15)27-22-20/h10-11,13,16H,3-9,12H2,1-2H3/t16-/m0/s1. The Morgan fingerprint density at radius 1 is 1.11 bits per heavy atom. The Hall–Kier alpha value is -2.50. The fourth-order valence-corrected chi connectivity index (χ4v) is 4.28. The summed E-state index contributed by atoms with van der Waals surface area (Å²) in [6, 6.07) is 5.91. The van der Waals surface area contributed by atoms with E-state index in [1.165, 1.54) is 6.42 Å².